The van der Waals surface area contributed by atoms with Crippen molar-refractivity contribution in [3.63, 3.8) is 0 Å². The van der Waals surface area contributed by atoms with Crippen LogP contribution in [-0.4, -0.2) is 42.0 Å². The summed E-state index contributed by atoms with van der Waals surface area (Å²) in [6.45, 7) is 0. The van der Waals surface area contributed by atoms with Gasteiger partial charge >= 0.3 is 0 Å². The third kappa shape index (κ3) is 5.84. The summed E-state index contributed by atoms with van der Waals surface area (Å²) in [4.78, 5) is 33.0. The molecule has 2 aromatic heterocycles. The van der Waals surface area contributed by atoms with E-state index in [2.05, 4.69) is 36.1 Å². The van der Waals surface area contributed by atoms with Crippen molar-refractivity contribution < 1.29 is 14.0 Å². The highest BCUT2D eigenvalue weighted by Gasteiger charge is 2.19. The number of hydrogen-bond donors (Lipinski definition) is 3. The van der Waals surface area contributed by atoms with Gasteiger partial charge in [0.1, 0.15) is 18.0 Å². The van der Waals surface area contributed by atoms with Crippen molar-refractivity contribution in [1.82, 2.24) is 35.5 Å². The van der Waals surface area contributed by atoms with Crippen molar-refractivity contribution in [2.75, 3.05) is 5.32 Å². The second-order valence-electron chi connectivity index (χ2n) is 8.52. The minimum Gasteiger partial charge on any atom is -0.342 e. The second-order valence-corrected chi connectivity index (χ2v) is 8.95. The first-order valence-corrected chi connectivity index (χ1v) is 12.2. The Morgan fingerprint density at radius 2 is 2.11 bits per heavy atom. The molecule has 1 aliphatic rings. The van der Waals surface area contributed by atoms with Crippen LogP contribution in [0.5, 0.6) is 0 Å². The lowest BCUT2D eigenvalue weighted by Crippen LogP contribution is -2.27. The average Bonchev–Trinajstić information content (AvgIpc) is 3.59. The van der Waals surface area contributed by atoms with Gasteiger partial charge in [-0.3, -0.25) is 9.59 Å². The Morgan fingerprint density at radius 1 is 1.21 bits per heavy atom. The lowest BCUT2D eigenvalue weighted by molar-refractivity contribution is -0.117. The number of allylic oxidation sites excluding steroid dienone is 1. The van der Waals surface area contributed by atoms with Gasteiger partial charge in [-0.15, -0.1) is 5.10 Å². The molecular formula is C26H22ClFN8O2. The van der Waals surface area contributed by atoms with Gasteiger partial charge in [0.2, 0.25) is 11.8 Å². The van der Waals surface area contributed by atoms with Crippen LogP contribution in [0, 0.1) is 5.82 Å². The molecule has 2 bridgehead atoms. The zero-order chi connectivity index (χ0) is 26.5. The number of amides is 2. The molecule has 0 fully saturated rings. The molecule has 10 nitrogen and oxygen atoms in total. The molecule has 0 spiro atoms. The fourth-order valence-electron chi connectivity index (χ4n) is 4.05. The molecule has 1 atom stereocenters. The molecule has 192 valence electrons. The molecule has 3 N–H and O–H groups in total. The normalized spacial score (nSPS) is 16.6. The van der Waals surface area contributed by atoms with Gasteiger partial charge in [-0.25, -0.2) is 9.37 Å². The molecule has 3 heterocycles. The first kappa shape index (κ1) is 25.0. The van der Waals surface area contributed by atoms with Gasteiger partial charge in [-0.05, 0) is 65.7 Å². The Morgan fingerprint density at radius 3 is 2.95 bits per heavy atom. The average molecular weight is 533 g/mol. The molecule has 1 aliphatic heterocycles. The number of aromatic amines is 1. The van der Waals surface area contributed by atoms with Gasteiger partial charge < -0.3 is 15.6 Å². The Labute approximate surface area is 221 Å². The van der Waals surface area contributed by atoms with E-state index in [0.717, 1.165) is 0 Å². The number of rotatable bonds is 4. The maximum absolute atomic E-state index is 13.9. The topological polar surface area (TPSA) is 130 Å². The van der Waals surface area contributed by atoms with Crippen LogP contribution in [0.4, 0.5) is 10.1 Å². The first-order chi connectivity index (χ1) is 18.5. The Balaban J connectivity index is 1.40. The van der Waals surface area contributed by atoms with Gasteiger partial charge in [0.25, 0.3) is 0 Å². The van der Waals surface area contributed by atoms with Crippen LogP contribution in [0.3, 0.4) is 0 Å². The van der Waals surface area contributed by atoms with Gasteiger partial charge in [-0.2, -0.15) is 4.68 Å². The van der Waals surface area contributed by atoms with Crippen molar-refractivity contribution in [1.29, 1.82) is 0 Å². The minimum absolute atomic E-state index is 0.225. The van der Waals surface area contributed by atoms with Crippen LogP contribution in [0.1, 0.15) is 36.7 Å². The van der Waals surface area contributed by atoms with E-state index in [1.54, 1.807) is 36.5 Å². The largest absolute Gasteiger partial charge is 0.342 e. The highest BCUT2D eigenvalue weighted by atomic mass is 35.5. The van der Waals surface area contributed by atoms with E-state index in [-0.39, 0.29) is 18.2 Å². The van der Waals surface area contributed by atoms with Crippen LogP contribution < -0.4 is 10.6 Å². The van der Waals surface area contributed by atoms with E-state index in [4.69, 9.17) is 11.6 Å². The summed E-state index contributed by atoms with van der Waals surface area (Å²) in [6.07, 6.45) is 11.0. The van der Waals surface area contributed by atoms with Crippen LogP contribution in [0.25, 0.3) is 23.0 Å². The SMILES string of the molecule is O=C(/C=C/c1cc(Cl)ccc1-n1cnnn1)N[C@H]1C/C=C\CCC(=O)Nc2cc(F)ccc2-c2cnc1[nH]2. The predicted molar refractivity (Wildman–Crippen MR) is 140 cm³/mol. The van der Waals surface area contributed by atoms with Gasteiger partial charge in [0.15, 0.2) is 0 Å². The molecule has 0 radical (unpaired) electrons. The molecular weight excluding hydrogens is 511 g/mol. The van der Waals surface area contributed by atoms with Crippen molar-refractivity contribution >= 4 is 35.2 Å². The summed E-state index contributed by atoms with van der Waals surface area (Å²) in [7, 11) is 0. The van der Waals surface area contributed by atoms with Crippen molar-refractivity contribution in [2.45, 2.75) is 25.3 Å². The third-order valence-corrected chi connectivity index (χ3v) is 6.10. The van der Waals surface area contributed by atoms with Crippen molar-refractivity contribution in [3.8, 4) is 16.9 Å². The third-order valence-electron chi connectivity index (χ3n) is 5.86. The molecule has 12 heteroatoms. The van der Waals surface area contributed by atoms with Gasteiger partial charge in [0, 0.05) is 28.6 Å². The molecule has 2 aromatic carbocycles. The van der Waals surface area contributed by atoms with Crippen LogP contribution >= 0.6 is 11.6 Å². The van der Waals surface area contributed by atoms with Gasteiger partial charge in [0.05, 0.1) is 29.3 Å². The van der Waals surface area contributed by atoms with Crippen LogP contribution in [-0.2, 0) is 9.59 Å². The number of carbonyl (C=O) groups is 2. The smallest absolute Gasteiger partial charge is 0.244 e. The number of hydrogen-bond acceptors (Lipinski definition) is 6. The molecule has 0 unspecified atom stereocenters. The molecule has 4 aromatic rings. The number of H-pyrrole nitrogens is 1. The van der Waals surface area contributed by atoms with E-state index < -0.39 is 11.9 Å². The summed E-state index contributed by atoms with van der Waals surface area (Å²) in [5.41, 5.74) is 2.82. The highest BCUT2D eigenvalue weighted by molar-refractivity contribution is 6.30. The molecule has 5 rings (SSSR count). The van der Waals surface area contributed by atoms with Crippen molar-refractivity contribution in [3.05, 3.63) is 89.4 Å². The number of anilines is 1. The predicted octanol–water partition coefficient (Wildman–Crippen LogP) is 4.39. The number of benzene rings is 2. The van der Waals surface area contributed by atoms with Crippen LogP contribution in [0.2, 0.25) is 5.02 Å². The first-order valence-electron chi connectivity index (χ1n) is 11.8. The summed E-state index contributed by atoms with van der Waals surface area (Å²) < 4.78 is 15.4. The zero-order valence-electron chi connectivity index (χ0n) is 19.9. The van der Waals surface area contributed by atoms with E-state index in [1.807, 2.05) is 12.2 Å². The molecule has 0 aliphatic carbocycles. The fourth-order valence-corrected chi connectivity index (χ4v) is 4.23. The number of tetrazole rings is 1. The minimum atomic E-state index is -0.483. The fraction of sp³-hybridized carbons (Fsp3) is 0.154. The molecule has 38 heavy (non-hydrogen) atoms. The van der Waals surface area contributed by atoms with E-state index >= 15 is 0 Å². The van der Waals surface area contributed by atoms with Crippen LogP contribution in [0.15, 0.2) is 67.2 Å². The monoisotopic (exact) mass is 532 g/mol. The van der Waals surface area contributed by atoms with E-state index in [1.165, 1.54) is 29.2 Å². The highest BCUT2D eigenvalue weighted by Crippen LogP contribution is 2.29. The summed E-state index contributed by atoms with van der Waals surface area (Å²) in [5, 5.41) is 17.4. The summed E-state index contributed by atoms with van der Waals surface area (Å²) in [6, 6.07) is 8.84. The number of nitrogens with one attached hydrogen (secondary N) is 3. The number of imidazole rings is 1. The number of nitrogens with zero attached hydrogens (tertiary/aromatic N) is 5. The number of carbonyl (C=O) groups excluding carboxylic acids is 2. The molecule has 0 saturated carbocycles. The summed E-state index contributed by atoms with van der Waals surface area (Å²) >= 11 is 6.17. The summed E-state index contributed by atoms with van der Waals surface area (Å²) in [5.74, 6) is -0.526. The number of aromatic nitrogens is 6. The lowest BCUT2D eigenvalue weighted by Gasteiger charge is -2.14. The van der Waals surface area contributed by atoms with E-state index in [0.29, 0.717) is 51.9 Å². The number of fused-ring (bicyclic) bond motifs is 4. The zero-order valence-corrected chi connectivity index (χ0v) is 20.7. The lowest BCUT2D eigenvalue weighted by atomic mass is 10.1. The Hall–Kier alpha value is -4.64. The van der Waals surface area contributed by atoms with Gasteiger partial charge in [-0.1, -0.05) is 23.8 Å². The second kappa shape index (κ2) is 11.2. The van der Waals surface area contributed by atoms with Crippen molar-refractivity contribution in [2.24, 2.45) is 0 Å². The quantitative estimate of drug-likeness (QED) is 0.264. The Bertz CT molecular complexity index is 1530. The maximum Gasteiger partial charge on any atom is 0.244 e. The molecule has 2 amide bonds. The standard InChI is InChI=1S/C26H22ClFN8O2/c27-17-7-10-23(36-15-30-34-35-36)16(12-17)6-11-25(38)31-20-4-2-1-3-5-24(37)32-21-13-18(28)8-9-19(21)22-14-29-26(20)33-22/h1-2,6-15,20H,3-5H2,(H,29,33)(H,31,38)(H,32,37)/b2-1-,11-6+/t20-/m0/s1. The maximum atomic E-state index is 13.9. The van der Waals surface area contributed by atoms with E-state index in [9.17, 15) is 14.0 Å². The molecule has 0 saturated heterocycles. The Kier molecular flexibility index (Phi) is 7.36. The number of halogens is 2.